The number of carbonyl (C=O) groups is 1. The van der Waals surface area contributed by atoms with E-state index in [4.69, 9.17) is 9.15 Å². The molecule has 5 heteroatoms. The molecule has 25 heavy (non-hydrogen) atoms. The van der Waals surface area contributed by atoms with Gasteiger partial charge in [-0.15, -0.1) is 0 Å². The standard InChI is InChI=1S/C20H26N2O3/c1-15(2)18(22-9-11-24-12-10-22)14-21-20(23)8-7-17-13-16-5-3-4-6-19(16)25-17/h3-8,13,15,18H,9-12,14H2,1-2H3,(H,21,23)/b8-7+. The van der Waals surface area contributed by atoms with E-state index in [2.05, 4.69) is 24.1 Å². The van der Waals surface area contributed by atoms with Crippen molar-refractivity contribution in [2.24, 2.45) is 5.92 Å². The molecule has 2 aromatic rings. The van der Waals surface area contributed by atoms with Crippen molar-refractivity contribution in [3.63, 3.8) is 0 Å². The van der Waals surface area contributed by atoms with Crippen molar-refractivity contribution in [2.75, 3.05) is 32.8 Å². The Morgan fingerprint density at radius 2 is 2.04 bits per heavy atom. The van der Waals surface area contributed by atoms with E-state index >= 15 is 0 Å². The second kappa shape index (κ2) is 8.32. The lowest BCUT2D eigenvalue weighted by Gasteiger charge is -2.36. The SMILES string of the molecule is CC(C)C(CNC(=O)/C=C/c1cc2ccccc2o1)N1CCOCC1. The van der Waals surface area contributed by atoms with E-state index in [1.807, 2.05) is 30.3 Å². The minimum atomic E-state index is -0.0978. The molecule has 1 aromatic heterocycles. The van der Waals surface area contributed by atoms with Crippen LogP contribution in [0.5, 0.6) is 0 Å². The Hall–Kier alpha value is -2.11. The number of nitrogens with one attached hydrogen (secondary N) is 1. The highest BCUT2D eigenvalue weighted by Gasteiger charge is 2.23. The monoisotopic (exact) mass is 342 g/mol. The number of fused-ring (bicyclic) bond motifs is 1. The Morgan fingerprint density at radius 3 is 2.76 bits per heavy atom. The Kier molecular flexibility index (Phi) is 5.89. The van der Waals surface area contributed by atoms with E-state index in [-0.39, 0.29) is 5.91 Å². The van der Waals surface area contributed by atoms with Crippen molar-refractivity contribution in [1.82, 2.24) is 10.2 Å². The van der Waals surface area contributed by atoms with Crippen LogP contribution in [0.3, 0.4) is 0 Å². The molecule has 0 radical (unpaired) electrons. The molecular weight excluding hydrogens is 316 g/mol. The van der Waals surface area contributed by atoms with Crippen molar-refractivity contribution >= 4 is 23.0 Å². The summed E-state index contributed by atoms with van der Waals surface area (Å²) in [6, 6.07) is 10.1. The molecule has 1 aliphatic heterocycles. The molecule has 5 nitrogen and oxygen atoms in total. The molecule has 1 saturated heterocycles. The third kappa shape index (κ3) is 4.71. The van der Waals surface area contributed by atoms with Crippen molar-refractivity contribution in [3.8, 4) is 0 Å². The van der Waals surface area contributed by atoms with Crippen LogP contribution in [0.15, 0.2) is 40.8 Å². The Bertz CT molecular complexity index is 696. The lowest BCUT2D eigenvalue weighted by molar-refractivity contribution is -0.116. The maximum absolute atomic E-state index is 12.2. The van der Waals surface area contributed by atoms with Gasteiger partial charge in [0.1, 0.15) is 11.3 Å². The summed E-state index contributed by atoms with van der Waals surface area (Å²) in [5, 5.41) is 4.05. The third-order valence-corrected chi connectivity index (χ3v) is 4.61. The van der Waals surface area contributed by atoms with Gasteiger partial charge in [0.15, 0.2) is 0 Å². The van der Waals surface area contributed by atoms with Gasteiger partial charge in [0, 0.05) is 37.1 Å². The lowest BCUT2D eigenvalue weighted by atomic mass is 10.0. The van der Waals surface area contributed by atoms with Crippen LogP contribution in [-0.4, -0.2) is 49.7 Å². The summed E-state index contributed by atoms with van der Waals surface area (Å²) < 4.78 is 11.1. The molecule has 0 aliphatic carbocycles. The molecule has 1 fully saturated rings. The number of hydrogen-bond donors (Lipinski definition) is 1. The molecule has 134 valence electrons. The Balaban J connectivity index is 1.55. The number of furan rings is 1. The third-order valence-electron chi connectivity index (χ3n) is 4.61. The molecule has 1 aliphatic rings. The Labute approximate surface area is 148 Å². The second-order valence-electron chi connectivity index (χ2n) is 6.72. The van der Waals surface area contributed by atoms with E-state index in [9.17, 15) is 4.79 Å². The van der Waals surface area contributed by atoms with Crippen LogP contribution in [0.4, 0.5) is 0 Å². The highest BCUT2D eigenvalue weighted by molar-refractivity contribution is 5.92. The minimum absolute atomic E-state index is 0.0978. The normalized spacial score (nSPS) is 17.4. The predicted octanol–water partition coefficient (Wildman–Crippen LogP) is 2.92. The summed E-state index contributed by atoms with van der Waals surface area (Å²) in [6.07, 6.45) is 3.25. The number of morpholine rings is 1. The molecule has 3 rings (SSSR count). The van der Waals surface area contributed by atoms with Gasteiger partial charge in [0.25, 0.3) is 0 Å². The summed E-state index contributed by atoms with van der Waals surface area (Å²) in [5.41, 5.74) is 0.828. The van der Waals surface area contributed by atoms with Gasteiger partial charge in [-0.05, 0) is 24.1 Å². The van der Waals surface area contributed by atoms with Gasteiger partial charge in [-0.2, -0.15) is 0 Å². The fourth-order valence-corrected chi connectivity index (χ4v) is 3.20. The molecule has 0 saturated carbocycles. The molecule has 1 unspecified atom stereocenters. The maximum Gasteiger partial charge on any atom is 0.244 e. The quantitative estimate of drug-likeness (QED) is 0.820. The van der Waals surface area contributed by atoms with E-state index in [1.165, 1.54) is 6.08 Å². The molecule has 1 N–H and O–H groups in total. The Morgan fingerprint density at radius 1 is 1.28 bits per heavy atom. The van der Waals surface area contributed by atoms with Crippen molar-refractivity contribution < 1.29 is 13.9 Å². The molecule has 0 bridgehead atoms. The number of ether oxygens (including phenoxy) is 1. The highest BCUT2D eigenvalue weighted by atomic mass is 16.5. The van der Waals surface area contributed by atoms with Crippen molar-refractivity contribution in [2.45, 2.75) is 19.9 Å². The van der Waals surface area contributed by atoms with Gasteiger partial charge in [0.2, 0.25) is 5.91 Å². The van der Waals surface area contributed by atoms with E-state index in [1.54, 1.807) is 6.08 Å². The van der Waals surface area contributed by atoms with Crippen LogP contribution >= 0.6 is 0 Å². The molecule has 2 heterocycles. The zero-order valence-corrected chi connectivity index (χ0v) is 14.9. The van der Waals surface area contributed by atoms with Crippen LogP contribution in [0.25, 0.3) is 17.0 Å². The summed E-state index contributed by atoms with van der Waals surface area (Å²) in [4.78, 5) is 14.6. The number of benzene rings is 1. The number of carbonyl (C=O) groups excluding carboxylic acids is 1. The number of amides is 1. The fourth-order valence-electron chi connectivity index (χ4n) is 3.20. The van der Waals surface area contributed by atoms with Crippen molar-refractivity contribution in [3.05, 3.63) is 42.2 Å². The number of hydrogen-bond acceptors (Lipinski definition) is 4. The lowest BCUT2D eigenvalue weighted by Crippen LogP contribution is -2.51. The first-order chi connectivity index (χ1) is 12.1. The largest absolute Gasteiger partial charge is 0.457 e. The van der Waals surface area contributed by atoms with Gasteiger partial charge in [-0.3, -0.25) is 9.69 Å². The summed E-state index contributed by atoms with van der Waals surface area (Å²) in [5.74, 6) is 1.06. The summed E-state index contributed by atoms with van der Waals surface area (Å²) in [7, 11) is 0. The first-order valence-electron chi connectivity index (χ1n) is 8.90. The zero-order valence-electron chi connectivity index (χ0n) is 14.9. The summed E-state index contributed by atoms with van der Waals surface area (Å²) in [6.45, 7) is 8.40. The van der Waals surface area contributed by atoms with Crippen LogP contribution in [0.2, 0.25) is 0 Å². The number of rotatable bonds is 6. The smallest absolute Gasteiger partial charge is 0.244 e. The first kappa shape index (κ1) is 17.7. The van der Waals surface area contributed by atoms with Gasteiger partial charge in [-0.25, -0.2) is 0 Å². The molecule has 0 spiro atoms. The van der Waals surface area contributed by atoms with Crippen LogP contribution < -0.4 is 5.32 Å². The molecule has 1 atom stereocenters. The first-order valence-corrected chi connectivity index (χ1v) is 8.90. The highest BCUT2D eigenvalue weighted by Crippen LogP contribution is 2.19. The second-order valence-corrected chi connectivity index (χ2v) is 6.72. The van der Waals surface area contributed by atoms with Gasteiger partial charge in [-0.1, -0.05) is 32.0 Å². The maximum atomic E-state index is 12.2. The molecule has 1 amide bonds. The van der Waals surface area contributed by atoms with E-state index in [0.29, 0.717) is 24.3 Å². The average Bonchev–Trinajstić information content (AvgIpc) is 3.04. The predicted molar refractivity (Wildman–Crippen MR) is 99.3 cm³/mol. The van der Waals surface area contributed by atoms with Gasteiger partial charge in [0.05, 0.1) is 13.2 Å². The topological polar surface area (TPSA) is 54.7 Å². The average molecular weight is 342 g/mol. The van der Waals surface area contributed by atoms with Crippen LogP contribution in [0.1, 0.15) is 19.6 Å². The van der Waals surface area contributed by atoms with Crippen LogP contribution in [0, 0.1) is 5.92 Å². The van der Waals surface area contributed by atoms with E-state index < -0.39 is 0 Å². The van der Waals surface area contributed by atoms with Gasteiger partial charge >= 0.3 is 0 Å². The minimum Gasteiger partial charge on any atom is -0.457 e. The van der Waals surface area contributed by atoms with Gasteiger partial charge < -0.3 is 14.5 Å². The van der Waals surface area contributed by atoms with Crippen molar-refractivity contribution in [1.29, 1.82) is 0 Å². The number of nitrogens with zero attached hydrogens (tertiary/aromatic N) is 1. The fraction of sp³-hybridized carbons (Fsp3) is 0.450. The van der Waals surface area contributed by atoms with E-state index in [0.717, 1.165) is 37.3 Å². The summed E-state index contributed by atoms with van der Waals surface area (Å²) >= 11 is 0. The molecular formula is C20H26N2O3. The van der Waals surface area contributed by atoms with Crippen LogP contribution in [-0.2, 0) is 9.53 Å². The number of para-hydroxylation sites is 1. The molecule has 1 aromatic carbocycles. The zero-order chi connectivity index (χ0) is 17.6.